The maximum atomic E-state index is 11.7. The SMILES string of the molecule is CC(=O)c1ccc(-c2ccccc2)c2ccccc12. The zero-order valence-electron chi connectivity index (χ0n) is 10.8. The minimum atomic E-state index is 0.107. The summed E-state index contributed by atoms with van der Waals surface area (Å²) in [5.74, 6) is 0.107. The van der Waals surface area contributed by atoms with Gasteiger partial charge in [-0.15, -0.1) is 0 Å². The Hall–Kier alpha value is -2.41. The number of ketones is 1. The first kappa shape index (κ1) is 11.7. The molecule has 3 aromatic carbocycles. The van der Waals surface area contributed by atoms with Crippen LogP contribution in [-0.4, -0.2) is 5.78 Å². The molecule has 1 nitrogen and oxygen atoms in total. The number of benzene rings is 3. The van der Waals surface area contributed by atoms with Crippen LogP contribution in [0.5, 0.6) is 0 Å². The molecule has 0 aliphatic heterocycles. The largest absolute Gasteiger partial charge is 0.294 e. The smallest absolute Gasteiger partial charge is 0.160 e. The van der Waals surface area contributed by atoms with Crippen LogP contribution in [0.25, 0.3) is 21.9 Å². The van der Waals surface area contributed by atoms with Crippen LogP contribution in [0.1, 0.15) is 17.3 Å². The molecule has 0 N–H and O–H groups in total. The van der Waals surface area contributed by atoms with E-state index in [0.717, 1.165) is 16.3 Å². The molecule has 0 heterocycles. The Balaban J connectivity index is 2.35. The molecule has 19 heavy (non-hydrogen) atoms. The summed E-state index contributed by atoms with van der Waals surface area (Å²) in [6, 6.07) is 22.3. The highest BCUT2D eigenvalue weighted by molar-refractivity contribution is 6.10. The standard InChI is InChI=1S/C18H14O/c1-13(19)15-11-12-16(14-7-3-2-4-8-14)18-10-6-5-9-17(15)18/h2-12H,1H3. The van der Waals surface area contributed by atoms with E-state index in [9.17, 15) is 4.79 Å². The third-order valence-corrected chi connectivity index (χ3v) is 3.39. The van der Waals surface area contributed by atoms with Gasteiger partial charge in [0.25, 0.3) is 0 Å². The van der Waals surface area contributed by atoms with E-state index < -0.39 is 0 Å². The highest BCUT2D eigenvalue weighted by Gasteiger charge is 2.09. The summed E-state index contributed by atoms with van der Waals surface area (Å²) < 4.78 is 0. The Morgan fingerprint density at radius 2 is 1.37 bits per heavy atom. The molecule has 0 bridgehead atoms. The lowest BCUT2D eigenvalue weighted by atomic mass is 9.94. The number of carbonyl (C=O) groups excluding carboxylic acids is 1. The molecule has 0 aliphatic rings. The Labute approximate surface area is 112 Å². The molecule has 92 valence electrons. The topological polar surface area (TPSA) is 17.1 Å². The number of fused-ring (bicyclic) bond motifs is 1. The molecule has 0 unspecified atom stereocenters. The Morgan fingerprint density at radius 1 is 0.737 bits per heavy atom. The van der Waals surface area contributed by atoms with Crippen LogP contribution in [0.3, 0.4) is 0 Å². The number of carbonyl (C=O) groups is 1. The number of hydrogen-bond acceptors (Lipinski definition) is 1. The van der Waals surface area contributed by atoms with Gasteiger partial charge in [-0.1, -0.05) is 66.7 Å². The number of rotatable bonds is 2. The predicted octanol–water partition coefficient (Wildman–Crippen LogP) is 4.71. The lowest BCUT2D eigenvalue weighted by Gasteiger charge is -2.09. The second kappa shape index (κ2) is 4.69. The van der Waals surface area contributed by atoms with Gasteiger partial charge in [0.15, 0.2) is 5.78 Å². The summed E-state index contributed by atoms with van der Waals surface area (Å²) in [6.07, 6.45) is 0. The zero-order valence-corrected chi connectivity index (χ0v) is 10.8. The Bertz CT molecular complexity index is 742. The highest BCUT2D eigenvalue weighted by Crippen LogP contribution is 2.30. The van der Waals surface area contributed by atoms with Crippen molar-refractivity contribution in [1.82, 2.24) is 0 Å². The monoisotopic (exact) mass is 246 g/mol. The van der Waals surface area contributed by atoms with Gasteiger partial charge >= 0.3 is 0 Å². The van der Waals surface area contributed by atoms with Crippen molar-refractivity contribution in [2.45, 2.75) is 6.92 Å². The van der Waals surface area contributed by atoms with Crippen LogP contribution >= 0.6 is 0 Å². The molecule has 0 atom stereocenters. The third-order valence-electron chi connectivity index (χ3n) is 3.39. The minimum Gasteiger partial charge on any atom is -0.294 e. The van der Waals surface area contributed by atoms with Crippen molar-refractivity contribution in [2.24, 2.45) is 0 Å². The Morgan fingerprint density at radius 3 is 2.05 bits per heavy atom. The third kappa shape index (κ3) is 2.04. The summed E-state index contributed by atoms with van der Waals surface area (Å²) in [6.45, 7) is 1.62. The summed E-state index contributed by atoms with van der Waals surface area (Å²) in [4.78, 5) is 11.7. The van der Waals surface area contributed by atoms with E-state index in [1.807, 2.05) is 48.5 Å². The second-order valence-corrected chi connectivity index (χ2v) is 4.63. The van der Waals surface area contributed by atoms with Crippen LogP contribution in [0.4, 0.5) is 0 Å². The molecule has 0 saturated carbocycles. The van der Waals surface area contributed by atoms with E-state index >= 15 is 0 Å². The molecule has 0 aliphatic carbocycles. The zero-order chi connectivity index (χ0) is 13.2. The molecular weight excluding hydrogens is 232 g/mol. The van der Waals surface area contributed by atoms with Crippen molar-refractivity contribution in [1.29, 1.82) is 0 Å². The molecule has 3 rings (SSSR count). The van der Waals surface area contributed by atoms with Crippen LogP contribution in [-0.2, 0) is 0 Å². The molecule has 0 fully saturated rings. The van der Waals surface area contributed by atoms with E-state index in [0.29, 0.717) is 0 Å². The summed E-state index contributed by atoms with van der Waals surface area (Å²) in [5.41, 5.74) is 3.13. The maximum Gasteiger partial charge on any atom is 0.160 e. The van der Waals surface area contributed by atoms with Crippen molar-refractivity contribution >= 4 is 16.6 Å². The van der Waals surface area contributed by atoms with Crippen molar-refractivity contribution in [3.63, 3.8) is 0 Å². The van der Waals surface area contributed by atoms with Crippen LogP contribution in [0.15, 0.2) is 66.7 Å². The fourth-order valence-electron chi connectivity index (χ4n) is 2.48. The average Bonchev–Trinajstić information content (AvgIpc) is 2.47. The van der Waals surface area contributed by atoms with E-state index in [1.54, 1.807) is 6.92 Å². The molecule has 0 amide bonds. The lowest BCUT2D eigenvalue weighted by molar-refractivity contribution is 0.101. The minimum absolute atomic E-state index is 0.107. The lowest BCUT2D eigenvalue weighted by Crippen LogP contribution is -1.94. The van der Waals surface area contributed by atoms with Gasteiger partial charge in [0.05, 0.1) is 0 Å². The number of Topliss-reactive ketones (excluding diaryl/α,β-unsaturated/α-hetero) is 1. The van der Waals surface area contributed by atoms with E-state index in [2.05, 4.69) is 18.2 Å². The summed E-state index contributed by atoms with van der Waals surface area (Å²) in [7, 11) is 0. The molecule has 0 radical (unpaired) electrons. The van der Waals surface area contributed by atoms with Crippen molar-refractivity contribution < 1.29 is 4.79 Å². The molecule has 3 aromatic rings. The van der Waals surface area contributed by atoms with Gasteiger partial charge in [0.1, 0.15) is 0 Å². The first-order valence-electron chi connectivity index (χ1n) is 6.35. The summed E-state index contributed by atoms with van der Waals surface area (Å²) in [5, 5.41) is 2.15. The van der Waals surface area contributed by atoms with Crippen molar-refractivity contribution in [3.05, 3.63) is 72.3 Å². The van der Waals surface area contributed by atoms with Crippen molar-refractivity contribution in [3.8, 4) is 11.1 Å². The molecule has 0 spiro atoms. The van der Waals surface area contributed by atoms with Gasteiger partial charge in [-0.25, -0.2) is 0 Å². The van der Waals surface area contributed by atoms with Gasteiger partial charge in [-0.3, -0.25) is 4.79 Å². The second-order valence-electron chi connectivity index (χ2n) is 4.63. The van der Waals surface area contributed by atoms with Crippen LogP contribution < -0.4 is 0 Å². The fourth-order valence-corrected chi connectivity index (χ4v) is 2.48. The normalized spacial score (nSPS) is 10.6. The first-order valence-corrected chi connectivity index (χ1v) is 6.35. The number of hydrogen-bond donors (Lipinski definition) is 0. The quantitative estimate of drug-likeness (QED) is 0.598. The Kier molecular flexibility index (Phi) is 2.88. The van der Waals surface area contributed by atoms with E-state index in [1.165, 1.54) is 11.1 Å². The van der Waals surface area contributed by atoms with Crippen LogP contribution in [0.2, 0.25) is 0 Å². The average molecular weight is 246 g/mol. The molecular formula is C18H14O. The van der Waals surface area contributed by atoms with Gasteiger partial charge in [-0.05, 0) is 28.8 Å². The summed E-state index contributed by atoms with van der Waals surface area (Å²) >= 11 is 0. The van der Waals surface area contributed by atoms with Gasteiger partial charge in [-0.2, -0.15) is 0 Å². The fraction of sp³-hybridized carbons (Fsp3) is 0.0556. The molecule has 0 aromatic heterocycles. The maximum absolute atomic E-state index is 11.7. The first-order chi connectivity index (χ1) is 9.27. The molecule has 1 heteroatoms. The van der Waals surface area contributed by atoms with Crippen LogP contribution in [0, 0.1) is 0 Å². The van der Waals surface area contributed by atoms with Gasteiger partial charge in [0, 0.05) is 5.56 Å². The molecule has 0 saturated heterocycles. The van der Waals surface area contributed by atoms with Crippen molar-refractivity contribution in [2.75, 3.05) is 0 Å². The van der Waals surface area contributed by atoms with E-state index in [-0.39, 0.29) is 5.78 Å². The van der Waals surface area contributed by atoms with Gasteiger partial charge in [0.2, 0.25) is 0 Å². The predicted molar refractivity (Wildman–Crippen MR) is 79.4 cm³/mol. The van der Waals surface area contributed by atoms with E-state index in [4.69, 9.17) is 0 Å². The highest BCUT2D eigenvalue weighted by atomic mass is 16.1. The van der Waals surface area contributed by atoms with Gasteiger partial charge < -0.3 is 0 Å².